The number of anilines is 1. The van der Waals surface area contributed by atoms with Gasteiger partial charge in [0.05, 0.1) is 24.4 Å². The van der Waals surface area contributed by atoms with Crippen LogP contribution in [0.25, 0.3) is 11.1 Å². The van der Waals surface area contributed by atoms with Crippen molar-refractivity contribution in [3.8, 4) is 17.2 Å². The summed E-state index contributed by atoms with van der Waals surface area (Å²) in [5.74, 6) is 0.202. The molecule has 0 fully saturated rings. The molecular formula is C20H23N7O. The van der Waals surface area contributed by atoms with E-state index < -0.39 is 0 Å². The maximum atomic E-state index is 11.8. The van der Waals surface area contributed by atoms with Gasteiger partial charge >= 0.3 is 0 Å². The van der Waals surface area contributed by atoms with E-state index in [2.05, 4.69) is 21.8 Å². The molecule has 0 spiro atoms. The smallest absolute Gasteiger partial charge is 0.219 e. The molecule has 0 saturated heterocycles. The molecule has 2 aromatic rings. The number of aromatic nitrogens is 2. The van der Waals surface area contributed by atoms with Gasteiger partial charge in [-0.1, -0.05) is 0 Å². The summed E-state index contributed by atoms with van der Waals surface area (Å²) in [5.41, 5.74) is 4.57. The molecule has 0 aliphatic carbocycles. The Balaban J connectivity index is 1.90. The average Bonchev–Trinajstić information content (AvgIpc) is 3.13. The summed E-state index contributed by atoms with van der Waals surface area (Å²) in [6.45, 7) is 2.55. The van der Waals surface area contributed by atoms with Crippen LogP contribution in [0.2, 0.25) is 0 Å². The Morgan fingerprint density at radius 2 is 2.11 bits per heavy atom. The standard InChI is InChI=1S/C20H23N7O/c1-13(28)27-5-4-19(23-2)18(12-27)20(22)25-17-7-14(9-21)6-15(8-17)16-10-24-26(3)11-16/h6-8,10-11,23H,4-5,12H2,1-3H3,(H2,22,25). The molecule has 1 aromatic heterocycles. The quantitative estimate of drug-likeness (QED) is 0.558. The van der Waals surface area contributed by atoms with Crippen LogP contribution in [0.4, 0.5) is 5.69 Å². The van der Waals surface area contributed by atoms with E-state index in [1.54, 1.807) is 27.9 Å². The van der Waals surface area contributed by atoms with E-state index in [-0.39, 0.29) is 11.7 Å². The highest BCUT2D eigenvalue weighted by Crippen LogP contribution is 2.25. The maximum absolute atomic E-state index is 11.8. The summed E-state index contributed by atoms with van der Waals surface area (Å²) in [4.78, 5) is 13.5. The Kier molecular flexibility index (Phi) is 5.45. The monoisotopic (exact) mass is 377 g/mol. The van der Waals surface area contributed by atoms with E-state index in [0.717, 1.165) is 22.4 Å². The molecule has 8 heteroatoms. The normalized spacial score (nSPS) is 13.9. The lowest BCUT2D eigenvalue weighted by atomic mass is 10.0. The van der Waals surface area contributed by atoms with Crippen molar-refractivity contribution in [1.29, 1.82) is 10.7 Å². The number of amidine groups is 1. The fourth-order valence-electron chi connectivity index (χ4n) is 3.26. The van der Waals surface area contributed by atoms with E-state index in [0.29, 0.717) is 30.8 Å². The molecule has 144 valence electrons. The van der Waals surface area contributed by atoms with Crippen LogP contribution in [0.3, 0.4) is 0 Å². The molecule has 8 nitrogen and oxygen atoms in total. The summed E-state index contributed by atoms with van der Waals surface area (Å²) < 4.78 is 1.70. The lowest BCUT2D eigenvalue weighted by molar-refractivity contribution is -0.128. The molecule has 1 aliphatic rings. The van der Waals surface area contributed by atoms with Crippen molar-refractivity contribution in [3.63, 3.8) is 0 Å². The van der Waals surface area contributed by atoms with E-state index in [4.69, 9.17) is 5.41 Å². The number of nitrogens with zero attached hydrogens (tertiary/aromatic N) is 4. The first-order valence-electron chi connectivity index (χ1n) is 8.96. The molecule has 0 bridgehead atoms. The van der Waals surface area contributed by atoms with Crippen LogP contribution >= 0.6 is 0 Å². The number of hydrogen-bond acceptors (Lipinski definition) is 5. The fraction of sp³-hybridized carbons (Fsp3) is 0.300. The SMILES string of the molecule is CNC1=C(C(=N)Nc2cc(C#N)cc(-c3cnn(C)c3)c2)CN(C(C)=O)CC1. The number of carbonyl (C=O) groups excluding carboxylic acids is 1. The highest BCUT2D eigenvalue weighted by atomic mass is 16.2. The summed E-state index contributed by atoms with van der Waals surface area (Å²) in [6.07, 6.45) is 4.28. The van der Waals surface area contributed by atoms with Gasteiger partial charge in [0.1, 0.15) is 5.84 Å². The molecule has 3 N–H and O–H groups in total. The van der Waals surface area contributed by atoms with Gasteiger partial charge in [0.15, 0.2) is 0 Å². The first-order valence-corrected chi connectivity index (χ1v) is 8.96. The second kappa shape index (κ2) is 7.96. The van der Waals surface area contributed by atoms with Crippen LogP contribution in [0.15, 0.2) is 41.9 Å². The molecule has 0 saturated carbocycles. The summed E-state index contributed by atoms with van der Waals surface area (Å²) in [5, 5.41) is 28.3. The molecular weight excluding hydrogens is 354 g/mol. The zero-order chi connectivity index (χ0) is 20.3. The average molecular weight is 377 g/mol. The molecule has 0 atom stereocenters. The number of nitriles is 1. The van der Waals surface area contributed by atoms with E-state index in [1.165, 1.54) is 6.92 Å². The third-order valence-corrected chi connectivity index (χ3v) is 4.76. The second-order valence-electron chi connectivity index (χ2n) is 6.71. The van der Waals surface area contributed by atoms with Gasteiger partial charge < -0.3 is 15.5 Å². The molecule has 2 heterocycles. The van der Waals surface area contributed by atoms with Gasteiger partial charge in [0.25, 0.3) is 0 Å². The highest BCUT2D eigenvalue weighted by molar-refractivity contribution is 6.07. The van der Waals surface area contributed by atoms with Crippen molar-refractivity contribution in [2.24, 2.45) is 7.05 Å². The number of carbonyl (C=O) groups is 1. The number of aryl methyl sites for hydroxylation is 1. The largest absolute Gasteiger partial charge is 0.391 e. The molecule has 0 unspecified atom stereocenters. The van der Waals surface area contributed by atoms with Crippen molar-refractivity contribution in [2.45, 2.75) is 13.3 Å². The number of hydrogen-bond donors (Lipinski definition) is 3. The predicted molar refractivity (Wildman–Crippen MR) is 108 cm³/mol. The van der Waals surface area contributed by atoms with Crippen LogP contribution in [0.1, 0.15) is 18.9 Å². The van der Waals surface area contributed by atoms with Gasteiger partial charge in [-0.15, -0.1) is 0 Å². The van der Waals surface area contributed by atoms with Crippen molar-refractivity contribution in [3.05, 3.63) is 47.4 Å². The molecule has 28 heavy (non-hydrogen) atoms. The summed E-state index contributed by atoms with van der Waals surface area (Å²) in [7, 11) is 3.66. The van der Waals surface area contributed by atoms with Gasteiger partial charge in [0.2, 0.25) is 5.91 Å². The number of nitrogens with one attached hydrogen (secondary N) is 3. The molecule has 0 radical (unpaired) electrons. The van der Waals surface area contributed by atoms with Crippen LogP contribution in [0, 0.1) is 16.7 Å². The third kappa shape index (κ3) is 4.04. The minimum Gasteiger partial charge on any atom is -0.391 e. The summed E-state index contributed by atoms with van der Waals surface area (Å²) in [6, 6.07) is 7.55. The Labute approximate surface area is 164 Å². The Hall–Kier alpha value is -3.60. The number of benzene rings is 1. The lowest BCUT2D eigenvalue weighted by Crippen LogP contribution is -2.40. The first kappa shape index (κ1) is 19.2. The Bertz CT molecular complexity index is 996. The minimum atomic E-state index is -0.00852. The highest BCUT2D eigenvalue weighted by Gasteiger charge is 2.23. The zero-order valence-corrected chi connectivity index (χ0v) is 16.2. The van der Waals surface area contributed by atoms with Gasteiger partial charge in [0, 0.05) is 62.7 Å². The van der Waals surface area contributed by atoms with Gasteiger partial charge in [-0.3, -0.25) is 14.9 Å². The predicted octanol–water partition coefficient (Wildman–Crippen LogP) is 2.07. The summed E-state index contributed by atoms with van der Waals surface area (Å²) >= 11 is 0. The molecule has 1 aliphatic heterocycles. The van der Waals surface area contributed by atoms with Crippen molar-refractivity contribution in [1.82, 2.24) is 20.0 Å². The van der Waals surface area contributed by atoms with Crippen LogP contribution in [-0.2, 0) is 11.8 Å². The maximum Gasteiger partial charge on any atom is 0.219 e. The zero-order valence-electron chi connectivity index (χ0n) is 16.2. The van der Waals surface area contributed by atoms with Gasteiger partial charge in [-0.2, -0.15) is 10.4 Å². The van der Waals surface area contributed by atoms with E-state index in [9.17, 15) is 10.1 Å². The van der Waals surface area contributed by atoms with Crippen LogP contribution < -0.4 is 10.6 Å². The topological polar surface area (TPSA) is 110 Å². The van der Waals surface area contributed by atoms with Gasteiger partial charge in [-0.05, 0) is 23.8 Å². The van der Waals surface area contributed by atoms with Crippen molar-refractivity contribution >= 4 is 17.4 Å². The van der Waals surface area contributed by atoms with E-state index in [1.807, 2.05) is 26.4 Å². The van der Waals surface area contributed by atoms with Crippen molar-refractivity contribution < 1.29 is 4.79 Å². The lowest BCUT2D eigenvalue weighted by Gasteiger charge is -2.30. The first-order chi connectivity index (χ1) is 13.4. The molecule has 1 aromatic carbocycles. The molecule has 1 amide bonds. The van der Waals surface area contributed by atoms with E-state index >= 15 is 0 Å². The Morgan fingerprint density at radius 1 is 1.32 bits per heavy atom. The van der Waals surface area contributed by atoms with Gasteiger partial charge in [-0.25, -0.2) is 0 Å². The number of rotatable bonds is 4. The van der Waals surface area contributed by atoms with Crippen LogP contribution in [-0.4, -0.2) is 46.6 Å². The second-order valence-corrected chi connectivity index (χ2v) is 6.71. The number of amides is 1. The molecule has 3 rings (SSSR count). The van der Waals surface area contributed by atoms with Crippen LogP contribution in [0.5, 0.6) is 0 Å². The third-order valence-electron chi connectivity index (χ3n) is 4.76. The Morgan fingerprint density at radius 3 is 2.71 bits per heavy atom. The minimum absolute atomic E-state index is 0.00852. The van der Waals surface area contributed by atoms with Crippen molar-refractivity contribution in [2.75, 3.05) is 25.5 Å². The fourth-order valence-corrected chi connectivity index (χ4v) is 3.26.